The Balaban J connectivity index is 2.61. The zero-order valence-corrected chi connectivity index (χ0v) is 24.4. The summed E-state index contributed by atoms with van der Waals surface area (Å²) in [6.45, 7) is 7.82. The van der Waals surface area contributed by atoms with Gasteiger partial charge in [0.25, 0.3) is 5.69 Å². The number of carbonyl (C=O) groups is 2. The van der Waals surface area contributed by atoms with Gasteiger partial charge in [-0.2, -0.15) is 0 Å². The van der Waals surface area contributed by atoms with Gasteiger partial charge >= 0.3 is 0 Å². The molecule has 38 heavy (non-hydrogen) atoms. The highest BCUT2D eigenvalue weighted by Gasteiger charge is 2.34. The van der Waals surface area contributed by atoms with Crippen molar-refractivity contribution in [3.63, 3.8) is 0 Å². The molecular weight excluding hydrogens is 555 g/mol. The number of hydrogen-bond donors (Lipinski definition) is 1. The molecule has 0 spiro atoms. The molecule has 0 unspecified atom stereocenters. The van der Waals surface area contributed by atoms with E-state index in [0.29, 0.717) is 11.1 Å². The molecule has 2 aromatic carbocycles. The largest absolute Gasteiger partial charge is 0.350 e. The van der Waals surface area contributed by atoms with E-state index in [2.05, 4.69) is 5.32 Å². The topological polar surface area (TPSA) is 130 Å². The number of hydrogen-bond acceptors (Lipinski definition) is 6. The van der Waals surface area contributed by atoms with Crippen molar-refractivity contribution < 1.29 is 22.9 Å². The highest BCUT2D eigenvalue weighted by molar-refractivity contribution is 7.92. The smallest absolute Gasteiger partial charge is 0.271 e. The van der Waals surface area contributed by atoms with Crippen LogP contribution in [0.4, 0.5) is 11.4 Å². The van der Waals surface area contributed by atoms with E-state index in [4.69, 9.17) is 23.2 Å². The molecular formula is C25H32Cl2N4O6S. The van der Waals surface area contributed by atoms with Crippen LogP contribution in [0.2, 0.25) is 10.0 Å². The molecule has 10 nitrogen and oxygen atoms in total. The SMILES string of the molecule is CC[C@H](C(=O)NC(C)(C)C)N(Cc1c(Cl)cccc1Cl)C(=O)CN(c1cc([N+](=O)[O-])ccc1C)S(C)(=O)=O. The number of amides is 2. The van der Waals surface area contributed by atoms with Crippen LogP contribution in [0.1, 0.15) is 45.2 Å². The Morgan fingerprint density at radius 1 is 1.13 bits per heavy atom. The summed E-state index contributed by atoms with van der Waals surface area (Å²) in [7, 11) is -4.07. The molecule has 0 aromatic heterocycles. The number of nitrogens with zero attached hydrogens (tertiary/aromatic N) is 3. The number of sulfonamides is 1. The average molecular weight is 588 g/mol. The Morgan fingerprint density at radius 3 is 2.18 bits per heavy atom. The van der Waals surface area contributed by atoms with Crippen molar-refractivity contribution in [3.8, 4) is 0 Å². The Hall–Kier alpha value is -2.89. The predicted octanol–water partition coefficient (Wildman–Crippen LogP) is 4.70. The average Bonchev–Trinajstić information content (AvgIpc) is 2.77. The molecule has 0 saturated heterocycles. The van der Waals surface area contributed by atoms with Crippen molar-refractivity contribution in [1.82, 2.24) is 10.2 Å². The molecule has 2 aromatic rings. The summed E-state index contributed by atoms with van der Waals surface area (Å²) in [5, 5.41) is 14.8. The number of benzene rings is 2. The molecule has 2 amide bonds. The molecule has 0 radical (unpaired) electrons. The Morgan fingerprint density at radius 2 is 1.71 bits per heavy atom. The number of nitrogens with one attached hydrogen (secondary N) is 1. The van der Waals surface area contributed by atoms with Crippen molar-refractivity contribution in [3.05, 3.63) is 67.7 Å². The first-order valence-corrected chi connectivity index (χ1v) is 14.3. The fraction of sp³-hybridized carbons (Fsp3) is 0.440. The van der Waals surface area contributed by atoms with Crippen LogP contribution in [0.25, 0.3) is 0 Å². The van der Waals surface area contributed by atoms with Gasteiger partial charge < -0.3 is 10.2 Å². The van der Waals surface area contributed by atoms with Crippen LogP contribution in [-0.4, -0.2) is 54.4 Å². The van der Waals surface area contributed by atoms with Crippen LogP contribution >= 0.6 is 23.2 Å². The van der Waals surface area contributed by atoms with Crippen LogP contribution in [-0.2, 0) is 26.2 Å². The molecule has 0 fully saturated rings. The quantitative estimate of drug-likeness (QED) is 0.317. The van der Waals surface area contributed by atoms with Crippen LogP contribution in [0.3, 0.4) is 0 Å². The van der Waals surface area contributed by atoms with Crippen molar-refractivity contribution >= 4 is 56.4 Å². The van der Waals surface area contributed by atoms with E-state index in [1.165, 1.54) is 17.0 Å². The number of halogens is 2. The fourth-order valence-corrected chi connectivity index (χ4v) is 5.22. The third-order valence-corrected chi connectivity index (χ3v) is 7.46. The van der Waals surface area contributed by atoms with Gasteiger partial charge in [-0.1, -0.05) is 42.3 Å². The molecule has 208 valence electrons. The van der Waals surface area contributed by atoms with Crippen LogP contribution in [0.5, 0.6) is 0 Å². The van der Waals surface area contributed by atoms with Gasteiger partial charge in [-0.25, -0.2) is 8.42 Å². The van der Waals surface area contributed by atoms with Gasteiger partial charge in [0.15, 0.2) is 0 Å². The number of non-ortho nitro benzene ring substituents is 1. The number of nitro groups is 1. The van der Waals surface area contributed by atoms with Gasteiger partial charge in [0, 0.05) is 39.8 Å². The number of carbonyl (C=O) groups excluding carboxylic acids is 2. The van der Waals surface area contributed by atoms with E-state index < -0.39 is 44.9 Å². The number of anilines is 1. The summed E-state index contributed by atoms with van der Waals surface area (Å²) >= 11 is 12.7. The zero-order chi connectivity index (χ0) is 29.0. The monoisotopic (exact) mass is 586 g/mol. The van der Waals surface area contributed by atoms with Crippen molar-refractivity contribution in [2.45, 2.75) is 59.2 Å². The summed E-state index contributed by atoms with van der Waals surface area (Å²) in [5.74, 6) is -1.15. The normalized spacial score (nSPS) is 12.5. The molecule has 1 atom stereocenters. The Kier molecular flexibility index (Phi) is 10.2. The molecule has 0 heterocycles. The fourth-order valence-electron chi connectivity index (χ4n) is 3.80. The van der Waals surface area contributed by atoms with Crippen molar-refractivity contribution in [2.75, 3.05) is 17.1 Å². The lowest BCUT2D eigenvalue weighted by atomic mass is 10.1. The van der Waals surface area contributed by atoms with Gasteiger partial charge in [0.05, 0.1) is 16.9 Å². The summed E-state index contributed by atoms with van der Waals surface area (Å²) < 4.78 is 26.4. The summed E-state index contributed by atoms with van der Waals surface area (Å²) in [4.78, 5) is 39.0. The lowest BCUT2D eigenvalue weighted by Gasteiger charge is -2.35. The van der Waals surface area contributed by atoms with Crippen LogP contribution < -0.4 is 9.62 Å². The zero-order valence-electron chi connectivity index (χ0n) is 22.1. The highest BCUT2D eigenvalue weighted by Crippen LogP contribution is 2.30. The third-order valence-electron chi connectivity index (χ3n) is 5.63. The summed E-state index contributed by atoms with van der Waals surface area (Å²) in [6.07, 6.45) is 1.11. The molecule has 0 aliphatic rings. The molecule has 0 aliphatic carbocycles. The minimum atomic E-state index is -4.07. The number of aryl methyl sites for hydroxylation is 1. The molecule has 0 aliphatic heterocycles. The third kappa shape index (κ3) is 8.05. The van der Waals surface area contributed by atoms with Crippen molar-refractivity contribution in [2.24, 2.45) is 0 Å². The summed E-state index contributed by atoms with van der Waals surface area (Å²) in [6, 6.07) is 7.60. The number of rotatable bonds is 10. The lowest BCUT2D eigenvalue weighted by molar-refractivity contribution is -0.384. The van der Waals surface area contributed by atoms with E-state index in [9.17, 15) is 28.1 Å². The predicted molar refractivity (Wildman–Crippen MR) is 149 cm³/mol. The second-order valence-corrected chi connectivity index (χ2v) is 12.6. The van der Waals surface area contributed by atoms with Crippen molar-refractivity contribution in [1.29, 1.82) is 0 Å². The van der Waals surface area contributed by atoms with E-state index in [-0.39, 0.29) is 34.4 Å². The van der Waals surface area contributed by atoms with E-state index >= 15 is 0 Å². The van der Waals surface area contributed by atoms with Gasteiger partial charge in [0.1, 0.15) is 12.6 Å². The molecule has 1 N–H and O–H groups in total. The maximum atomic E-state index is 13.8. The second-order valence-electron chi connectivity index (χ2n) is 9.88. The Labute approximate surface area is 233 Å². The molecule has 2 rings (SSSR count). The second kappa shape index (κ2) is 12.3. The summed E-state index contributed by atoms with van der Waals surface area (Å²) in [5.41, 5.74) is -0.142. The maximum absolute atomic E-state index is 13.8. The minimum Gasteiger partial charge on any atom is -0.350 e. The number of nitro benzene ring substituents is 1. The van der Waals surface area contributed by atoms with E-state index in [1.807, 2.05) is 0 Å². The molecule has 0 saturated carbocycles. The first-order valence-electron chi connectivity index (χ1n) is 11.7. The maximum Gasteiger partial charge on any atom is 0.271 e. The van der Waals surface area contributed by atoms with Gasteiger partial charge in [-0.15, -0.1) is 0 Å². The first-order chi connectivity index (χ1) is 17.5. The minimum absolute atomic E-state index is 0.0158. The highest BCUT2D eigenvalue weighted by atomic mass is 35.5. The lowest BCUT2D eigenvalue weighted by Crippen LogP contribution is -2.55. The first kappa shape index (κ1) is 31.3. The van der Waals surface area contributed by atoms with Gasteiger partial charge in [-0.05, 0) is 51.8 Å². The van der Waals surface area contributed by atoms with E-state index in [0.717, 1.165) is 16.6 Å². The standard InChI is InChI=1S/C25H32Cl2N4O6S/c1-7-21(24(33)28-25(3,4)5)29(14-18-19(26)9-8-10-20(18)27)23(32)15-30(38(6,36)37)22-13-17(31(34)35)12-11-16(22)2/h8-13,21H,7,14-15H2,1-6H3,(H,28,33)/t21-/m1/s1. The molecule has 0 bridgehead atoms. The Bertz CT molecular complexity index is 1310. The van der Waals surface area contributed by atoms with Gasteiger partial charge in [0.2, 0.25) is 21.8 Å². The van der Waals surface area contributed by atoms with Gasteiger partial charge in [-0.3, -0.25) is 24.0 Å². The van der Waals surface area contributed by atoms with Crippen LogP contribution in [0.15, 0.2) is 36.4 Å². The molecule has 13 heteroatoms. The van der Waals surface area contributed by atoms with E-state index in [1.54, 1.807) is 52.8 Å². The van der Waals surface area contributed by atoms with Crippen LogP contribution in [0, 0.1) is 17.0 Å².